The first-order chi connectivity index (χ1) is 14.2. The second-order valence-electron chi connectivity index (χ2n) is 6.56. The molecule has 0 saturated heterocycles. The molecule has 2 aromatic carbocycles. The molecule has 0 aromatic heterocycles. The molecule has 1 atom stereocenters. The average Bonchev–Trinajstić information content (AvgIpc) is 2.70. The maximum Gasteiger partial charge on any atom is 0.234 e. The van der Waals surface area contributed by atoms with Crippen molar-refractivity contribution in [3.8, 4) is 0 Å². The molecule has 0 saturated carbocycles. The summed E-state index contributed by atoms with van der Waals surface area (Å²) in [7, 11) is 0. The van der Waals surface area contributed by atoms with Crippen LogP contribution in [0.25, 0.3) is 0 Å². The summed E-state index contributed by atoms with van der Waals surface area (Å²) in [6, 6.07) is 11.1. The van der Waals surface area contributed by atoms with Crippen LogP contribution in [0, 0.1) is 12.7 Å². The van der Waals surface area contributed by atoms with Crippen LogP contribution in [0.15, 0.2) is 46.9 Å². The second-order valence-corrected chi connectivity index (χ2v) is 8.80. The van der Waals surface area contributed by atoms with Crippen LogP contribution in [0.4, 0.5) is 15.8 Å². The number of carbonyl (C=O) groups excluding carboxylic acids is 3. The van der Waals surface area contributed by atoms with Crippen LogP contribution in [0.5, 0.6) is 0 Å². The molecule has 6 nitrogen and oxygen atoms in total. The summed E-state index contributed by atoms with van der Waals surface area (Å²) in [5.41, 5.74) is 2.15. The van der Waals surface area contributed by atoms with E-state index < -0.39 is 5.25 Å². The van der Waals surface area contributed by atoms with Gasteiger partial charge in [0.25, 0.3) is 0 Å². The first kappa shape index (κ1) is 23.9. The van der Waals surface area contributed by atoms with Crippen molar-refractivity contribution in [3.63, 3.8) is 0 Å². The van der Waals surface area contributed by atoms with Crippen LogP contribution in [-0.2, 0) is 14.4 Å². The molecule has 3 N–H and O–H groups in total. The number of thioether (sulfide) groups is 1. The Hall–Kier alpha value is -2.39. The average molecular weight is 496 g/mol. The van der Waals surface area contributed by atoms with Gasteiger partial charge in [0.1, 0.15) is 5.82 Å². The van der Waals surface area contributed by atoms with Crippen molar-refractivity contribution in [3.05, 3.63) is 58.3 Å². The molecule has 0 aliphatic carbocycles. The Morgan fingerprint density at radius 1 is 1.07 bits per heavy atom. The predicted octanol–water partition coefficient (Wildman–Crippen LogP) is 4.10. The lowest BCUT2D eigenvalue weighted by molar-refractivity contribution is -0.120. The monoisotopic (exact) mass is 495 g/mol. The number of rotatable bonds is 9. The maximum atomic E-state index is 12.9. The van der Waals surface area contributed by atoms with Crippen LogP contribution >= 0.6 is 27.7 Å². The van der Waals surface area contributed by atoms with Crippen molar-refractivity contribution in [2.45, 2.75) is 25.5 Å². The van der Waals surface area contributed by atoms with E-state index in [-0.39, 0.29) is 42.3 Å². The fourth-order valence-corrected chi connectivity index (χ4v) is 3.46. The molecule has 0 heterocycles. The number of nitrogens with one attached hydrogen (secondary N) is 3. The molecule has 0 bridgehead atoms. The Morgan fingerprint density at radius 3 is 2.47 bits per heavy atom. The highest BCUT2D eigenvalue weighted by molar-refractivity contribution is 9.10. The zero-order valence-corrected chi connectivity index (χ0v) is 19.0. The number of benzene rings is 2. The Kier molecular flexibility index (Phi) is 9.32. The highest BCUT2D eigenvalue weighted by Crippen LogP contribution is 2.20. The lowest BCUT2D eigenvalue weighted by Crippen LogP contribution is -2.34. The minimum Gasteiger partial charge on any atom is -0.355 e. The predicted molar refractivity (Wildman–Crippen MR) is 122 cm³/mol. The molecule has 0 fully saturated rings. The summed E-state index contributed by atoms with van der Waals surface area (Å²) in [4.78, 5) is 36.2. The molecule has 9 heteroatoms. The van der Waals surface area contributed by atoms with Gasteiger partial charge in [-0.25, -0.2) is 4.39 Å². The Labute approximate surface area is 187 Å². The topological polar surface area (TPSA) is 87.3 Å². The van der Waals surface area contributed by atoms with Gasteiger partial charge in [-0.2, -0.15) is 0 Å². The summed E-state index contributed by atoms with van der Waals surface area (Å²) >= 11 is 4.54. The number of aryl methyl sites for hydroxylation is 1. The summed E-state index contributed by atoms with van der Waals surface area (Å²) in [6.07, 6.45) is 0.139. The van der Waals surface area contributed by atoms with Gasteiger partial charge in [0.15, 0.2) is 0 Å². The van der Waals surface area contributed by atoms with E-state index in [0.717, 1.165) is 15.7 Å². The number of halogens is 2. The van der Waals surface area contributed by atoms with E-state index in [1.54, 1.807) is 6.92 Å². The molecule has 3 amide bonds. The van der Waals surface area contributed by atoms with E-state index >= 15 is 0 Å². The summed E-state index contributed by atoms with van der Waals surface area (Å²) in [6.45, 7) is 3.79. The molecule has 0 spiro atoms. The molecule has 0 radical (unpaired) electrons. The molecule has 0 aliphatic heterocycles. The smallest absolute Gasteiger partial charge is 0.234 e. The first-order valence-corrected chi connectivity index (χ1v) is 11.1. The van der Waals surface area contributed by atoms with Crippen molar-refractivity contribution in [1.82, 2.24) is 5.32 Å². The Balaban J connectivity index is 1.67. The van der Waals surface area contributed by atoms with Crippen molar-refractivity contribution >= 4 is 56.8 Å². The van der Waals surface area contributed by atoms with E-state index in [4.69, 9.17) is 0 Å². The Morgan fingerprint density at radius 2 is 1.77 bits per heavy atom. The standard InChI is InChI=1S/C21H23BrFN3O3S/c1-13-3-4-15(22)11-18(13)26-19(27)9-10-24-21(29)14(2)30-12-20(28)25-17-7-5-16(23)6-8-17/h3-8,11,14H,9-10,12H2,1-2H3,(H,24,29)(H,25,28)(H,26,27). The minimum atomic E-state index is -0.459. The third kappa shape index (κ3) is 8.16. The van der Waals surface area contributed by atoms with Gasteiger partial charge in [-0.1, -0.05) is 22.0 Å². The van der Waals surface area contributed by atoms with Crippen molar-refractivity contribution in [2.24, 2.45) is 0 Å². The van der Waals surface area contributed by atoms with Crippen LogP contribution in [0.1, 0.15) is 18.9 Å². The fourth-order valence-electron chi connectivity index (χ4n) is 2.39. The molecular weight excluding hydrogens is 473 g/mol. The van der Waals surface area contributed by atoms with Gasteiger partial charge in [-0.05, 0) is 55.8 Å². The molecule has 160 valence electrons. The lowest BCUT2D eigenvalue weighted by atomic mass is 10.2. The van der Waals surface area contributed by atoms with Crippen LogP contribution in [-0.4, -0.2) is 35.3 Å². The minimum absolute atomic E-state index is 0.0780. The van der Waals surface area contributed by atoms with Crippen LogP contribution in [0.2, 0.25) is 0 Å². The van der Waals surface area contributed by atoms with Gasteiger partial charge in [0.2, 0.25) is 17.7 Å². The summed E-state index contributed by atoms with van der Waals surface area (Å²) in [5, 5.41) is 7.70. The first-order valence-electron chi connectivity index (χ1n) is 9.25. The zero-order chi connectivity index (χ0) is 22.1. The molecular formula is C21H23BrFN3O3S. The molecule has 2 rings (SSSR count). The van der Waals surface area contributed by atoms with Crippen LogP contribution in [0.3, 0.4) is 0 Å². The van der Waals surface area contributed by atoms with Gasteiger partial charge in [-0.15, -0.1) is 11.8 Å². The molecule has 0 aliphatic rings. The van der Waals surface area contributed by atoms with Crippen LogP contribution < -0.4 is 16.0 Å². The fraction of sp³-hybridized carbons (Fsp3) is 0.286. The zero-order valence-electron chi connectivity index (χ0n) is 16.6. The highest BCUT2D eigenvalue weighted by atomic mass is 79.9. The van der Waals surface area contributed by atoms with Crippen molar-refractivity contribution in [2.75, 3.05) is 22.9 Å². The third-order valence-electron chi connectivity index (χ3n) is 4.09. The van der Waals surface area contributed by atoms with E-state index in [1.165, 1.54) is 36.0 Å². The molecule has 30 heavy (non-hydrogen) atoms. The number of amides is 3. The number of hydrogen-bond acceptors (Lipinski definition) is 4. The van der Waals surface area contributed by atoms with Gasteiger partial charge in [0, 0.05) is 28.8 Å². The van der Waals surface area contributed by atoms with Crippen molar-refractivity contribution in [1.29, 1.82) is 0 Å². The summed E-state index contributed by atoms with van der Waals surface area (Å²) in [5.74, 6) is -1.03. The van der Waals surface area contributed by atoms with E-state index in [9.17, 15) is 18.8 Å². The van der Waals surface area contributed by atoms with E-state index in [1.807, 2.05) is 25.1 Å². The van der Waals surface area contributed by atoms with E-state index in [0.29, 0.717) is 5.69 Å². The van der Waals surface area contributed by atoms with Gasteiger partial charge in [0.05, 0.1) is 11.0 Å². The molecule has 2 aromatic rings. The quantitative estimate of drug-likeness (QED) is 0.488. The Bertz CT molecular complexity index is 909. The number of hydrogen-bond donors (Lipinski definition) is 3. The SMILES string of the molecule is Cc1ccc(Br)cc1NC(=O)CCNC(=O)C(C)SCC(=O)Nc1ccc(F)cc1. The lowest BCUT2D eigenvalue weighted by Gasteiger charge is -2.13. The van der Waals surface area contributed by atoms with E-state index in [2.05, 4.69) is 31.9 Å². The molecule has 1 unspecified atom stereocenters. The second kappa shape index (κ2) is 11.7. The van der Waals surface area contributed by atoms with Crippen molar-refractivity contribution < 1.29 is 18.8 Å². The number of carbonyl (C=O) groups is 3. The maximum absolute atomic E-state index is 12.9. The largest absolute Gasteiger partial charge is 0.355 e. The highest BCUT2D eigenvalue weighted by Gasteiger charge is 2.15. The van der Waals surface area contributed by atoms with Gasteiger partial charge in [-0.3, -0.25) is 14.4 Å². The van der Waals surface area contributed by atoms with Gasteiger partial charge < -0.3 is 16.0 Å². The normalized spacial score (nSPS) is 11.5. The third-order valence-corrected chi connectivity index (χ3v) is 5.72. The summed E-state index contributed by atoms with van der Waals surface area (Å²) < 4.78 is 13.7. The number of anilines is 2. The van der Waals surface area contributed by atoms with Gasteiger partial charge >= 0.3 is 0 Å².